The van der Waals surface area contributed by atoms with Crippen LogP contribution in [0.2, 0.25) is 0 Å². The number of H-pyrrole nitrogens is 1. The van der Waals surface area contributed by atoms with Gasteiger partial charge in [-0.2, -0.15) is 5.10 Å². The van der Waals surface area contributed by atoms with Crippen molar-refractivity contribution in [3.63, 3.8) is 0 Å². The van der Waals surface area contributed by atoms with Crippen molar-refractivity contribution in [3.05, 3.63) is 30.6 Å². The number of hydrogen-bond donors (Lipinski definition) is 2. The number of imidazole rings is 1. The summed E-state index contributed by atoms with van der Waals surface area (Å²) in [7, 11) is 0. The molecule has 0 aliphatic heterocycles. The quantitative estimate of drug-likeness (QED) is 0.764. The average molecular weight is 191 g/mol. The van der Waals surface area contributed by atoms with Crippen LogP contribution >= 0.6 is 0 Å². The summed E-state index contributed by atoms with van der Waals surface area (Å²) in [6.45, 7) is 3.65. The molecule has 0 aliphatic carbocycles. The maximum Gasteiger partial charge on any atom is 0.125 e. The summed E-state index contributed by atoms with van der Waals surface area (Å²) < 4.78 is 1.88. The lowest BCUT2D eigenvalue weighted by atomic mass is 10.5. The number of nitrogens with zero attached hydrogens (tertiary/aromatic N) is 3. The highest BCUT2D eigenvalue weighted by Gasteiger charge is 1.97. The molecule has 2 heterocycles. The molecule has 0 unspecified atom stereocenters. The molecule has 0 spiro atoms. The highest BCUT2D eigenvalue weighted by molar-refractivity contribution is 5.38. The van der Waals surface area contributed by atoms with Gasteiger partial charge in [-0.05, 0) is 6.92 Å². The van der Waals surface area contributed by atoms with Crippen molar-refractivity contribution in [2.45, 2.75) is 20.0 Å². The summed E-state index contributed by atoms with van der Waals surface area (Å²) in [6.07, 6.45) is 7.34. The monoisotopic (exact) mass is 191 g/mol. The van der Waals surface area contributed by atoms with E-state index in [9.17, 15) is 0 Å². The molecule has 0 radical (unpaired) electrons. The third-order valence-electron chi connectivity index (χ3n) is 1.97. The van der Waals surface area contributed by atoms with Gasteiger partial charge in [-0.3, -0.25) is 4.68 Å². The minimum absolute atomic E-state index is 0.697. The average Bonchev–Trinajstić information content (AvgIpc) is 2.86. The fraction of sp³-hybridized carbons (Fsp3) is 0.333. The molecule has 5 nitrogen and oxygen atoms in total. The first-order chi connectivity index (χ1) is 6.88. The Morgan fingerprint density at radius 2 is 2.50 bits per heavy atom. The normalized spacial score (nSPS) is 10.4. The number of rotatable bonds is 4. The molecule has 2 N–H and O–H groups in total. The fourth-order valence-corrected chi connectivity index (χ4v) is 1.21. The molecule has 0 aliphatic rings. The van der Waals surface area contributed by atoms with E-state index in [4.69, 9.17) is 0 Å². The van der Waals surface area contributed by atoms with Gasteiger partial charge in [-0.1, -0.05) is 0 Å². The number of aromatic amines is 1. The molecule has 0 saturated carbocycles. The van der Waals surface area contributed by atoms with Crippen molar-refractivity contribution in [1.82, 2.24) is 19.7 Å². The van der Waals surface area contributed by atoms with Crippen LogP contribution in [-0.2, 0) is 13.1 Å². The standard InChI is InChI=1S/C9H13N5/c1-2-14-7-8(5-13-14)12-6-9-10-3-4-11-9/h3-5,7,12H,2,6H2,1H3,(H,10,11). The van der Waals surface area contributed by atoms with Crippen molar-refractivity contribution in [2.24, 2.45) is 0 Å². The van der Waals surface area contributed by atoms with Crippen molar-refractivity contribution < 1.29 is 0 Å². The zero-order valence-electron chi connectivity index (χ0n) is 8.07. The molecular weight excluding hydrogens is 178 g/mol. The highest BCUT2D eigenvalue weighted by atomic mass is 15.3. The van der Waals surface area contributed by atoms with Gasteiger partial charge >= 0.3 is 0 Å². The topological polar surface area (TPSA) is 58.5 Å². The summed E-state index contributed by atoms with van der Waals surface area (Å²) in [5.74, 6) is 0.925. The van der Waals surface area contributed by atoms with Gasteiger partial charge in [0.1, 0.15) is 5.82 Å². The Morgan fingerprint density at radius 1 is 1.57 bits per heavy atom. The van der Waals surface area contributed by atoms with Crippen molar-refractivity contribution >= 4 is 5.69 Å². The molecule has 74 valence electrons. The molecule has 2 rings (SSSR count). The first-order valence-electron chi connectivity index (χ1n) is 4.63. The Labute approximate surface area is 82.2 Å². The van der Waals surface area contributed by atoms with E-state index in [0.717, 1.165) is 18.1 Å². The SMILES string of the molecule is CCn1cc(NCc2ncc[nH]2)cn1. The summed E-state index contributed by atoms with van der Waals surface area (Å²) in [5.41, 5.74) is 1.02. The molecule has 0 fully saturated rings. The molecule has 0 saturated heterocycles. The summed E-state index contributed by atoms with van der Waals surface area (Å²) in [6, 6.07) is 0. The Balaban J connectivity index is 1.92. The second kappa shape index (κ2) is 3.95. The predicted molar refractivity (Wildman–Crippen MR) is 53.8 cm³/mol. The van der Waals surface area contributed by atoms with E-state index in [1.54, 1.807) is 6.20 Å². The molecule has 0 bridgehead atoms. The van der Waals surface area contributed by atoms with E-state index in [-0.39, 0.29) is 0 Å². The van der Waals surface area contributed by atoms with Gasteiger partial charge in [0.25, 0.3) is 0 Å². The fourth-order valence-electron chi connectivity index (χ4n) is 1.21. The largest absolute Gasteiger partial charge is 0.375 e. The lowest BCUT2D eigenvalue weighted by Crippen LogP contribution is -2.00. The predicted octanol–water partition coefficient (Wildman–Crippen LogP) is 1.24. The van der Waals surface area contributed by atoms with Crippen LogP contribution in [-0.4, -0.2) is 19.7 Å². The zero-order valence-corrected chi connectivity index (χ0v) is 8.07. The van der Waals surface area contributed by atoms with Gasteiger partial charge in [-0.15, -0.1) is 0 Å². The van der Waals surface area contributed by atoms with Gasteiger partial charge in [0, 0.05) is 25.1 Å². The molecule has 0 atom stereocenters. The first-order valence-corrected chi connectivity index (χ1v) is 4.63. The minimum Gasteiger partial charge on any atom is -0.375 e. The van der Waals surface area contributed by atoms with Crippen LogP contribution in [0, 0.1) is 0 Å². The number of hydrogen-bond acceptors (Lipinski definition) is 3. The Hall–Kier alpha value is -1.78. The van der Waals surface area contributed by atoms with Crippen molar-refractivity contribution in [1.29, 1.82) is 0 Å². The molecule has 2 aromatic heterocycles. The van der Waals surface area contributed by atoms with Gasteiger partial charge in [0.15, 0.2) is 0 Å². The highest BCUT2D eigenvalue weighted by Crippen LogP contribution is 2.05. The van der Waals surface area contributed by atoms with E-state index < -0.39 is 0 Å². The van der Waals surface area contributed by atoms with Crippen LogP contribution in [0.1, 0.15) is 12.7 Å². The van der Waals surface area contributed by atoms with Crippen LogP contribution in [0.4, 0.5) is 5.69 Å². The van der Waals surface area contributed by atoms with Crippen LogP contribution in [0.5, 0.6) is 0 Å². The molecule has 0 amide bonds. The van der Waals surface area contributed by atoms with Crippen molar-refractivity contribution in [3.8, 4) is 0 Å². The van der Waals surface area contributed by atoms with Crippen LogP contribution < -0.4 is 5.32 Å². The molecule has 14 heavy (non-hydrogen) atoms. The number of nitrogens with one attached hydrogen (secondary N) is 2. The molecule has 0 aromatic carbocycles. The summed E-state index contributed by atoms with van der Waals surface area (Å²) in [4.78, 5) is 7.14. The van der Waals surface area contributed by atoms with Crippen LogP contribution in [0.3, 0.4) is 0 Å². The van der Waals surface area contributed by atoms with Gasteiger partial charge < -0.3 is 10.3 Å². The number of aryl methyl sites for hydroxylation is 1. The maximum absolute atomic E-state index is 4.16. The number of aromatic nitrogens is 4. The first kappa shape index (κ1) is 8.80. The molecule has 2 aromatic rings. The second-order valence-corrected chi connectivity index (χ2v) is 2.97. The summed E-state index contributed by atoms with van der Waals surface area (Å²) >= 11 is 0. The van der Waals surface area contributed by atoms with E-state index in [1.165, 1.54) is 0 Å². The number of anilines is 1. The molecular formula is C9H13N5. The Bertz CT molecular complexity index is 376. The van der Waals surface area contributed by atoms with Crippen LogP contribution in [0.15, 0.2) is 24.8 Å². The zero-order chi connectivity index (χ0) is 9.80. The maximum atomic E-state index is 4.16. The van der Waals surface area contributed by atoms with Crippen molar-refractivity contribution in [2.75, 3.05) is 5.32 Å². The van der Waals surface area contributed by atoms with E-state index >= 15 is 0 Å². The van der Waals surface area contributed by atoms with Gasteiger partial charge in [0.05, 0.1) is 18.4 Å². The van der Waals surface area contributed by atoms with Gasteiger partial charge in [-0.25, -0.2) is 4.98 Å². The summed E-state index contributed by atoms with van der Waals surface area (Å²) in [5, 5.41) is 7.38. The lowest BCUT2D eigenvalue weighted by Gasteiger charge is -1.99. The third-order valence-corrected chi connectivity index (χ3v) is 1.97. The Kier molecular flexibility index (Phi) is 2.48. The van der Waals surface area contributed by atoms with E-state index in [0.29, 0.717) is 6.54 Å². The minimum atomic E-state index is 0.697. The second-order valence-electron chi connectivity index (χ2n) is 2.97. The van der Waals surface area contributed by atoms with Crippen LogP contribution in [0.25, 0.3) is 0 Å². The van der Waals surface area contributed by atoms with E-state index in [2.05, 4.69) is 27.3 Å². The Morgan fingerprint density at radius 3 is 3.14 bits per heavy atom. The third kappa shape index (κ3) is 1.93. The smallest absolute Gasteiger partial charge is 0.125 e. The lowest BCUT2D eigenvalue weighted by molar-refractivity contribution is 0.660. The van der Waals surface area contributed by atoms with E-state index in [1.807, 2.05) is 23.3 Å². The molecule has 5 heteroatoms. The van der Waals surface area contributed by atoms with Gasteiger partial charge in [0.2, 0.25) is 0 Å².